The second-order valence-electron chi connectivity index (χ2n) is 8.42. The first-order valence-electron chi connectivity index (χ1n) is 12.3. The van der Waals surface area contributed by atoms with Gasteiger partial charge in [0.2, 0.25) is 5.91 Å². The quantitative estimate of drug-likeness (QED) is 0.112. The third kappa shape index (κ3) is 25.2. The molecule has 0 aliphatic carbocycles. The molecule has 0 unspecified atom stereocenters. The summed E-state index contributed by atoms with van der Waals surface area (Å²) in [5.74, 6) is -0.767. The Hall–Kier alpha value is -0.880. The zero-order valence-corrected chi connectivity index (χ0v) is 20.2. The van der Waals surface area contributed by atoms with Crippen molar-refractivity contribution in [3.63, 3.8) is 0 Å². The number of amides is 1. The Bertz CT molecular complexity index is 517. The Morgan fingerprint density at radius 2 is 1.13 bits per heavy atom. The Balaban J connectivity index is 3.23. The van der Waals surface area contributed by atoms with Crippen molar-refractivity contribution in [2.75, 3.05) is 12.3 Å². The van der Waals surface area contributed by atoms with Gasteiger partial charge in [0.1, 0.15) is 0 Å². The lowest BCUT2D eigenvalue weighted by atomic mass is 10.0. The number of hydrogen-bond acceptors (Lipinski definition) is 3. The maximum Gasteiger partial charge on any atom is 0.266 e. The lowest BCUT2D eigenvalue weighted by Gasteiger charge is -2.03. The molecule has 0 aliphatic heterocycles. The summed E-state index contributed by atoms with van der Waals surface area (Å²) in [4.78, 5) is 11.4. The Morgan fingerprint density at radius 3 is 1.53 bits per heavy atom. The molecule has 0 aromatic heterocycles. The van der Waals surface area contributed by atoms with Gasteiger partial charge in [0, 0.05) is 6.54 Å². The monoisotopic (exact) mass is 445 g/mol. The minimum absolute atomic E-state index is 0.0683. The van der Waals surface area contributed by atoms with Gasteiger partial charge in [0.25, 0.3) is 10.1 Å². The maximum atomic E-state index is 11.4. The molecule has 0 aliphatic rings. The maximum absolute atomic E-state index is 11.4. The first-order valence-corrected chi connectivity index (χ1v) is 14.0. The van der Waals surface area contributed by atoms with E-state index >= 15 is 0 Å². The molecule has 2 N–H and O–H groups in total. The second-order valence-corrected chi connectivity index (χ2v) is 10.00. The summed E-state index contributed by atoms with van der Waals surface area (Å²) >= 11 is 0. The Morgan fingerprint density at radius 1 is 0.733 bits per heavy atom. The van der Waals surface area contributed by atoms with Crippen LogP contribution in [0.3, 0.4) is 0 Å². The molecule has 0 saturated heterocycles. The van der Waals surface area contributed by atoms with Crippen molar-refractivity contribution in [3.05, 3.63) is 12.2 Å². The van der Waals surface area contributed by atoms with E-state index in [1.807, 2.05) is 6.08 Å². The predicted molar refractivity (Wildman–Crippen MR) is 127 cm³/mol. The smallest absolute Gasteiger partial charge is 0.266 e. The zero-order valence-electron chi connectivity index (χ0n) is 19.4. The summed E-state index contributed by atoms with van der Waals surface area (Å²) in [7, 11) is -4.01. The molecule has 0 heterocycles. The number of carbonyl (C=O) groups excluding carboxylic acids is 1. The number of hydrogen-bond donors (Lipinski definition) is 2. The largest absolute Gasteiger partial charge is 0.351 e. The van der Waals surface area contributed by atoms with E-state index in [1.54, 1.807) is 0 Å². The Kier molecular flexibility index (Phi) is 20.7. The molecule has 5 nitrogen and oxygen atoms in total. The molecule has 0 saturated carbocycles. The fourth-order valence-corrected chi connectivity index (χ4v) is 3.90. The van der Waals surface area contributed by atoms with Crippen LogP contribution in [0, 0.1) is 0 Å². The molecule has 0 aromatic rings. The number of carbonyl (C=O) groups is 1. The Labute approximate surface area is 186 Å². The molecule has 0 radical (unpaired) electrons. The van der Waals surface area contributed by atoms with Crippen LogP contribution in [0.4, 0.5) is 0 Å². The van der Waals surface area contributed by atoms with Crippen molar-refractivity contribution in [2.45, 2.75) is 122 Å². The third-order valence-corrected chi connectivity index (χ3v) is 6.12. The van der Waals surface area contributed by atoms with E-state index in [-0.39, 0.29) is 12.5 Å². The van der Waals surface area contributed by atoms with Gasteiger partial charge >= 0.3 is 0 Å². The van der Waals surface area contributed by atoms with E-state index in [0.29, 0.717) is 0 Å². The highest BCUT2D eigenvalue weighted by atomic mass is 32.2. The van der Waals surface area contributed by atoms with E-state index in [0.717, 1.165) is 12.8 Å². The highest BCUT2D eigenvalue weighted by Gasteiger charge is 2.04. The van der Waals surface area contributed by atoms with Crippen molar-refractivity contribution in [2.24, 2.45) is 0 Å². The van der Waals surface area contributed by atoms with Gasteiger partial charge < -0.3 is 5.32 Å². The highest BCUT2D eigenvalue weighted by Crippen LogP contribution is 2.14. The minimum Gasteiger partial charge on any atom is -0.351 e. The van der Waals surface area contributed by atoms with Gasteiger partial charge in [-0.1, -0.05) is 116 Å². The zero-order chi connectivity index (χ0) is 22.3. The summed E-state index contributed by atoms with van der Waals surface area (Å²) in [6.45, 7) is 2.20. The van der Waals surface area contributed by atoms with Gasteiger partial charge in [-0.05, 0) is 18.9 Å². The molecule has 1 amide bonds. The van der Waals surface area contributed by atoms with Crippen molar-refractivity contribution in [1.29, 1.82) is 0 Å². The van der Waals surface area contributed by atoms with E-state index in [4.69, 9.17) is 4.55 Å². The van der Waals surface area contributed by atoms with Crippen LogP contribution in [0.5, 0.6) is 0 Å². The SMILES string of the molecule is CCCCCCCCCCCCCCCCCCC/C=C/C(=O)NCCS(=O)(=O)O. The number of unbranched alkanes of at least 4 members (excludes halogenated alkanes) is 17. The number of allylic oxidation sites excluding steroid dienone is 1. The second kappa shape index (κ2) is 21.4. The molecule has 0 bridgehead atoms. The van der Waals surface area contributed by atoms with Crippen LogP contribution >= 0.6 is 0 Å². The van der Waals surface area contributed by atoms with E-state index in [9.17, 15) is 13.2 Å². The molecule has 0 aromatic carbocycles. The van der Waals surface area contributed by atoms with Crippen LogP contribution in [-0.4, -0.2) is 31.2 Å². The number of rotatable bonds is 22. The molecule has 30 heavy (non-hydrogen) atoms. The van der Waals surface area contributed by atoms with Crippen LogP contribution in [0.15, 0.2) is 12.2 Å². The normalized spacial score (nSPS) is 11.9. The van der Waals surface area contributed by atoms with Gasteiger partial charge in [-0.25, -0.2) is 0 Å². The lowest BCUT2D eigenvalue weighted by molar-refractivity contribution is -0.116. The van der Waals surface area contributed by atoms with Crippen LogP contribution < -0.4 is 5.32 Å². The first kappa shape index (κ1) is 29.1. The van der Waals surface area contributed by atoms with Gasteiger partial charge in [-0.3, -0.25) is 9.35 Å². The lowest BCUT2D eigenvalue weighted by Crippen LogP contribution is -2.27. The average Bonchev–Trinajstić information content (AvgIpc) is 2.68. The summed E-state index contributed by atoms with van der Waals surface area (Å²) in [6.07, 6.45) is 27.1. The topological polar surface area (TPSA) is 83.5 Å². The summed E-state index contributed by atoms with van der Waals surface area (Å²) < 4.78 is 29.7. The van der Waals surface area contributed by atoms with Crippen LogP contribution in [0.1, 0.15) is 122 Å². The molecule has 0 rings (SSSR count). The van der Waals surface area contributed by atoms with Crippen LogP contribution in [0.25, 0.3) is 0 Å². The predicted octanol–water partition coefficient (Wildman–Crippen LogP) is 6.59. The molecule has 0 atom stereocenters. The van der Waals surface area contributed by atoms with Crippen LogP contribution in [-0.2, 0) is 14.9 Å². The fraction of sp³-hybridized carbons (Fsp3) is 0.875. The molecular weight excluding hydrogens is 398 g/mol. The molecular formula is C24H47NO4S. The van der Waals surface area contributed by atoms with E-state index < -0.39 is 15.9 Å². The standard InChI is InChI=1S/C24H47NO4S/c1-2-3-4-5-6-7-8-9-10-11-12-13-14-15-16-17-18-19-20-21-24(26)25-22-23-30(27,28)29/h20-21H,2-19,22-23H2,1H3,(H,25,26)(H,27,28,29)/b21-20+. The van der Waals surface area contributed by atoms with Crippen molar-refractivity contribution in [1.82, 2.24) is 5.32 Å². The third-order valence-electron chi connectivity index (χ3n) is 5.40. The molecule has 0 spiro atoms. The van der Waals surface area contributed by atoms with Crippen molar-refractivity contribution < 1.29 is 17.8 Å². The van der Waals surface area contributed by atoms with Crippen LogP contribution in [0.2, 0.25) is 0 Å². The summed E-state index contributed by atoms with van der Waals surface area (Å²) in [5.41, 5.74) is 0. The highest BCUT2D eigenvalue weighted by molar-refractivity contribution is 7.85. The van der Waals surface area contributed by atoms with Gasteiger partial charge in [-0.15, -0.1) is 0 Å². The first-order chi connectivity index (χ1) is 14.5. The van der Waals surface area contributed by atoms with Gasteiger partial charge in [0.15, 0.2) is 0 Å². The van der Waals surface area contributed by atoms with Crippen molar-refractivity contribution in [3.8, 4) is 0 Å². The van der Waals surface area contributed by atoms with E-state index in [2.05, 4.69) is 12.2 Å². The average molecular weight is 446 g/mol. The van der Waals surface area contributed by atoms with Gasteiger partial charge in [-0.2, -0.15) is 8.42 Å². The van der Waals surface area contributed by atoms with Crippen molar-refractivity contribution >= 4 is 16.0 Å². The summed E-state index contributed by atoms with van der Waals surface area (Å²) in [5, 5.41) is 2.43. The number of nitrogens with one attached hydrogen (secondary N) is 1. The minimum atomic E-state index is -4.01. The molecule has 178 valence electrons. The molecule has 0 fully saturated rings. The summed E-state index contributed by atoms with van der Waals surface area (Å²) in [6, 6.07) is 0. The van der Waals surface area contributed by atoms with Gasteiger partial charge in [0.05, 0.1) is 5.75 Å². The molecule has 6 heteroatoms. The fourth-order valence-electron chi connectivity index (χ4n) is 3.54. The van der Waals surface area contributed by atoms with E-state index in [1.165, 1.54) is 109 Å².